The molecule has 1 rings (SSSR count). The van der Waals surface area contributed by atoms with Gasteiger partial charge in [0, 0.05) is 38.8 Å². The molecule has 1 atom stereocenters. The molecule has 1 aliphatic heterocycles. The van der Waals surface area contributed by atoms with Gasteiger partial charge in [-0.2, -0.15) is 0 Å². The number of piperazine rings is 1. The molecule has 0 aromatic heterocycles. The predicted molar refractivity (Wildman–Crippen MR) is 76.0 cm³/mol. The van der Waals surface area contributed by atoms with Crippen molar-refractivity contribution in [1.29, 1.82) is 0 Å². The molecule has 0 amide bonds. The molecule has 1 heterocycles. The zero-order chi connectivity index (χ0) is 11.8. The number of halogens is 1. The highest BCUT2D eigenvalue weighted by Gasteiger charge is 2.20. The van der Waals surface area contributed by atoms with Crippen LogP contribution in [0.3, 0.4) is 0 Å². The number of ether oxygens (including phenoxy) is 1. The standard InChI is InChI=1S/C13H28N2O.ClH/c1-4-5-13-10-14-6-7-15(13)8-9-16-11-12(2)3;/h12-14H,4-11H2,1-3H3;1H. The van der Waals surface area contributed by atoms with Gasteiger partial charge < -0.3 is 10.1 Å². The van der Waals surface area contributed by atoms with Crippen LogP contribution >= 0.6 is 12.4 Å². The van der Waals surface area contributed by atoms with Crippen LogP contribution in [0.25, 0.3) is 0 Å². The molecule has 0 bridgehead atoms. The van der Waals surface area contributed by atoms with Crippen molar-refractivity contribution < 1.29 is 4.74 Å². The fourth-order valence-electron chi connectivity index (χ4n) is 2.22. The fraction of sp³-hybridized carbons (Fsp3) is 1.00. The van der Waals surface area contributed by atoms with E-state index in [2.05, 4.69) is 31.0 Å². The molecule has 0 aromatic rings. The minimum absolute atomic E-state index is 0. The lowest BCUT2D eigenvalue weighted by Crippen LogP contribution is -2.52. The normalized spacial score (nSPS) is 21.5. The minimum atomic E-state index is 0. The van der Waals surface area contributed by atoms with Gasteiger partial charge in [0.25, 0.3) is 0 Å². The van der Waals surface area contributed by atoms with Crippen molar-refractivity contribution in [3.8, 4) is 0 Å². The molecule has 17 heavy (non-hydrogen) atoms. The molecule has 1 aliphatic rings. The van der Waals surface area contributed by atoms with Crippen LogP contribution in [-0.2, 0) is 4.74 Å². The summed E-state index contributed by atoms with van der Waals surface area (Å²) < 4.78 is 5.66. The number of rotatable bonds is 7. The smallest absolute Gasteiger partial charge is 0.0593 e. The summed E-state index contributed by atoms with van der Waals surface area (Å²) in [6.45, 7) is 13.0. The Balaban J connectivity index is 0.00000256. The lowest BCUT2D eigenvalue weighted by molar-refractivity contribution is 0.0622. The first-order valence-corrected chi connectivity index (χ1v) is 6.76. The van der Waals surface area contributed by atoms with E-state index in [4.69, 9.17) is 4.74 Å². The summed E-state index contributed by atoms with van der Waals surface area (Å²) in [4.78, 5) is 2.58. The van der Waals surface area contributed by atoms with Gasteiger partial charge in [-0.05, 0) is 12.3 Å². The Morgan fingerprint density at radius 2 is 2.18 bits per heavy atom. The van der Waals surface area contributed by atoms with Crippen LogP contribution in [-0.4, -0.2) is 50.3 Å². The molecule has 3 nitrogen and oxygen atoms in total. The second-order valence-electron chi connectivity index (χ2n) is 5.15. The summed E-state index contributed by atoms with van der Waals surface area (Å²) in [7, 11) is 0. The van der Waals surface area contributed by atoms with E-state index < -0.39 is 0 Å². The third-order valence-corrected chi connectivity index (χ3v) is 3.07. The van der Waals surface area contributed by atoms with E-state index in [-0.39, 0.29) is 12.4 Å². The lowest BCUT2D eigenvalue weighted by Gasteiger charge is -2.36. The highest BCUT2D eigenvalue weighted by molar-refractivity contribution is 5.85. The molecular formula is C13H29ClN2O. The van der Waals surface area contributed by atoms with Gasteiger partial charge >= 0.3 is 0 Å². The van der Waals surface area contributed by atoms with Crippen LogP contribution in [0, 0.1) is 5.92 Å². The predicted octanol–water partition coefficient (Wildman–Crippen LogP) is 2.15. The third-order valence-electron chi connectivity index (χ3n) is 3.07. The highest BCUT2D eigenvalue weighted by atomic mass is 35.5. The average molecular weight is 265 g/mol. The van der Waals surface area contributed by atoms with Crippen LogP contribution in [0.2, 0.25) is 0 Å². The Hall–Kier alpha value is 0.170. The van der Waals surface area contributed by atoms with E-state index in [1.165, 1.54) is 19.4 Å². The summed E-state index contributed by atoms with van der Waals surface area (Å²) in [5, 5.41) is 3.48. The number of hydrogen-bond donors (Lipinski definition) is 1. The second-order valence-corrected chi connectivity index (χ2v) is 5.15. The van der Waals surface area contributed by atoms with Crippen molar-refractivity contribution >= 4 is 12.4 Å². The zero-order valence-electron chi connectivity index (χ0n) is 11.6. The summed E-state index contributed by atoms with van der Waals surface area (Å²) in [5.74, 6) is 0.648. The Morgan fingerprint density at radius 1 is 1.41 bits per heavy atom. The quantitative estimate of drug-likeness (QED) is 0.714. The van der Waals surface area contributed by atoms with Crippen LogP contribution < -0.4 is 5.32 Å². The molecule has 0 saturated carbocycles. The maximum Gasteiger partial charge on any atom is 0.0593 e. The SMILES string of the molecule is CCCC1CNCCN1CCOCC(C)C.Cl. The molecule has 1 saturated heterocycles. The third kappa shape index (κ3) is 7.24. The minimum Gasteiger partial charge on any atom is -0.380 e. The summed E-state index contributed by atoms with van der Waals surface area (Å²) in [5.41, 5.74) is 0. The average Bonchev–Trinajstić information content (AvgIpc) is 2.26. The van der Waals surface area contributed by atoms with Crippen molar-refractivity contribution in [2.45, 2.75) is 39.7 Å². The first-order chi connectivity index (χ1) is 7.74. The maximum atomic E-state index is 5.66. The molecule has 1 fully saturated rings. The van der Waals surface area contributed by atoms with E-state index in [1.807, 2.05) is 0 Å². The van der Waals surface area contributed by atoms with Crippen LogP contribution in [0.1, 0.15) is 33.6 Å². The Morgan fingerprint density at radius 3 is 2.82 bits per heavy atom. The maximum absolute atomic E-state index is 5.66. The van der Waals surface area contributed by atoms with Crippen LogP contribution in [0.15, 0.2) is 0 Å². The van der Waals surface area contributed by atoms with Crippen molar-refractivity contribution in [1.82, 2.24) is 10.2 Å². The molecule has 1 N–H and O–H groups in total. The van der Waals surface area contributed by atoms with Gasteiger partial charge in [0.05, 0.1) is 6.61 Å². The molecule has 0 radical (unpaired) electrons. The van der Waals surface area contributed by atoms with Gasteiger partial charge in [-0.25, -0.2) is 0 Å². The van der Waals surface area contributed by atoms with E-state index in [1.54, 1.807) is 0 Å². The molecular weight excluding hydrogens is 236 g/mol. The number of nitrogens with zero attached hydrogens (tertiary/aromatic N) is 1. The Labute approximate surface area is 113 Å². The zero-order valence-corrected chi connectivity index (χ0v) is 12.4. The van der Waals surface area contributed by atoms with Crippen molar-refractivity contribution in [2.24, 2.45) is 5.92 Å². The first-order valence-electron chi connectivity index (χ1n) is 6.76. The highest BCUT2D eigenvalue weighted by Crippen LogP contribution is 2.09. The Bertz CT molecular complexity index is 177. The van der Waals surface area contributed by atoms with Gasteiger partial charge in [-0.15, -0.1) is 12.4 Å². The molecule has 0 aliphatic carbocycles. The largest absolute Gasteiger partial charge is 0.380 e. The summed E-state index contributed by atoms with van der Waals surface area (Å²) in [6, 6.07) is 0.724. The summed E-state index contributed by atoms with van der Waals surface area (Å²) in [6.07, 6.45) is 2.58. The molecule has 1 unspecified atom stereocenters. The second kappa shape index (κ2) is 10.1. The van der Waals surface area contributed by atoms with Crippen molar-refractivity contribution in [3.05, 3.63) is 0 Å². The Kier molecular flexibility index (Phi) is 10.2. The van der Waals surface area contributed by atoms with Gasteiger partial charge in [0.15, 0.2) is 0 Å². The van der Waals surface area contributed by atoms with Gasteiger partial charge in [0.1, 0.15) is 0 Å². The van der Waals surface area contributed by atoms with Gasteiger partial charge in [-0.1, -0.05) is 27.2 Å². The first kappa shape index (κ1) is 17.2. The molecule has 0 spiro atoms. The molecule has 104 valence electrons. The molecule has 0 aromatic carbocycles. The van der Waals surface area contributed by atoms with Crippen molar-refractivity contribution in [3.63, 3.8) is 0 Å². The topological polar surface area (TPSA) is 24.5 Å². The fourth-order valence-corrected chi connectivity index (χ4v) is 2.22. The lowest BCUT2D eigenvalue weighted by atomic mass is 10.1. The van der Waals surface area contributed by atoms with Gasteiger partial charge in [0.2, 0.25) is 0 Å². The van der Waals surface area contributed by atoms with Gasteiger partial charge in [-0.3, -0.25) is 4.90 Å². The monoisotopic (exact) mass is 264 g/mol. The van der Waals surface area contributed by atoms with Crippen molar-refractivity contribution in [2.75, 3.05) is 39.4 Å². The van der Waals surface area contributed by atoms with Crippen LogP contribution in [0.5, 0.6) is 0 Å². The van der Waals surface area contributed by atoms with E-state index in [0.717, 1.165) is 38.9 Å². The number of nitrogens with one attached hydrogen (secondary N) is 1. The summed E-state index contributed by atoms with van der Waals surface area (Å²) >= 11 is 0. The van der Waals surface area contributed by atoms with E-state index in [0.29, 0.717) is 5.92 Å². The number of hydrogen-bond acceptors (Lipinski definition) is 3. The van der Waals surface area contributed by atoms with Crippen LogP contribution in [0.4, 0.5) is 0 Å². The van der Waals surface area contributed by atoms with E-state index >= 15 is 0 Å². The van der Waals surface area contributed by atoms with E-state index in [9.17, 15) is 0 Å². The molecule has 4 heteroatoms.